The highest BCUT2D eigenvalue weighted by Crippen LogP contribution is 2.14. The average molecular weight is 225 g/mol. The lowest BCUT2D eigenvalue weighted by Gasteiger charge is -2.14. The molecule has 2 N–H and O–H groups in total. The van der Waals surface area contributed by atoms with Crippen LogP contribution in [0.4, 0.5) is 15.0 Å². The highest BCUT2D eigenvalue weighted by molar-refractivity contribution is 5.65. The summed E-state index contributed by atoms with van der Waals surface area (Å²) in [5.41, 5.74) is 0. The molecule has 6 heteroatoms. The van der Waals surface area contributed by atoms with Gasteiger partial charge < -0.3 is 15.3 Å². The number of anilines is 1. The molecule has 2 heterocycles. The van der Waals surface area contributed by atoms with Crippen LogP contribution in [0.2, 0.25) is 0 Å². The van der Waals surface area contributed by atoms with Crippen LogP contribution in [0.1, 0.15) is 6.42 Å². The van der Waals surface area contributed by atoms with Crippen molar-refractivity contribution in [1.29, 1.82) is 0 Å². The second kappa shape index (κ2) is 4.34. The molecule has 1 aliphatic heterocycles. The van der Waals surface area contributed by atoms with Gasteiger partial charge in [0.15, 0.2) is 0 Å². The molecule has 0 radical (unpaired) electrons. The van der Waals surface area contributed by atoms with E-state index in [1.54, 1.807) is 6.07 Å². The smallest absolute Gasteiger partial charge is 0.407 e. The quantitative estimate of drug-likeness (QED) is 0.798. The maximum absolute atomic E-state index is 12.6. The largest absolute Gasteiger partial charge is 0.465 e. The van der Waals surface area contributed by atoms with Gasteiger partial charge in [-0.1, -0.05) is 0 Å². The SMILES string of the molecule is O=C(O)N1CC[C@H](Nc2ccc(F)cn2)C1. The van der Waals surface area contributed by atoms with E-state index in [-0.39, 0.29) is 11.9 Å². The van der Waals surface area contributed by atoms with Gasteiger partial charge in [0.05, 0.1) is 6.20 Å². The second-order valence-electron chi connectivity index (χ2n) is 3.72. The standard InChI is InChI=1S/C10H12FN3O2/c11-7-1-2-9(12-5-7)13-8-3-4-14(6-8)10(15)16/h1-2,5,8H,3-4,6H2,(H,12,13)(H,15,16)/t8-/m0/s1. The minimum Gasteiger partial charge on any atom is -0.465 e. The Bertz CT molecular complexity index is 382. The van der Waals surface area contributed by atoms with Crippen LogP contribution in [-0.4, -0.2) is 40.2 Å². The zero-order chi connectivity index (χ0) is 11.5. The van der Waals surface area contributed by atoms with Gasteiger partial charge in [0.2, 0.25) is 0 Å². The molecule has 0 aliphatic carbocycles. The first-order valence-electron chi connectivity index (χ1n) is 5.01. The Morgan fingerprint density at radius 2 is 2.44 bits per heavy atom. The molecule has 86 valence electrons. The van der Waals surface area contributed by atoms with Crippen molar-refractivity contribution in [1.82, 2.24) is 9.88 Å². The zero-order valence-electron chi connectivity index (χ0n) is 8.56. The van der Waals surface area contributed by atoms with Gasteiger partial charge >= 0.3 is 6.09 Å². The Morgan fingerprint density at radius 1 is 1.62 bits per heavy atom. The Balaban J connectivity index is 1.92. The van der Waals surface area contributed by atoms with Crippen molar-refractivity contribution in [3.63, 3.8) is 0 Å². The number of nitrogens with zero attached hydrogens (tertiary/aromatic N) is 2. The number of hydrogen-bond donors (Lipinski definition) is 2. The minimum atomic E-state index is -0.906. The van der Waals surface area contributed by atoms with Gasteiger partial charge in [-0.05, 0) is 18.6 Å². The maximum Gasteiger partial charge on any atom is 0.407 e. The predicted octanol–water partition coefficient (Wildman–Crippen LogP) is 1.38. The topological polar surface area (TPSA) is 65.5 Å². The van der Waals surface area contributed by atoms with Gasteiger partial charge in [-0.2, -0.15) is 0 Å². The summed E-state index contributed by atoms with van der Waals surface area (Å²) in [5, 5.41) is 11.8. The van der Waals surface area contributed by atoms with Crippen molar-refractivity contribution in [2.75, 3.05) is 18.4 Å². The Hall–Kier alpha value is -1.85. The number of carboxylic acid groups (broad SMARTS) is 1. The number of aromatic nitrogens is 1. The van der Waals surface area contributed by atoms with E-state index in [0.717, 1.165) is 12.6 Å². The molecule has 5 nitrogen and oxygen atoms in total. The average Bonchev–Trinajstić information content (AvgIpc) is 2.70. The Kier molecular flexibility index (Phi) is 2.89. The third-order valence-corrected chi connectivity index (χ3v) is 2.54. The summed E-state index contributed by atoms with van der Waals surface area (Å²) >= 11 is 0. The van der Waals surface area contributed by atoms with E-state index in [1.807, 2.05) is 0 Å². The molecule has 0 unspecified atom stereocenters. The Labute approximate surface area is 91.9 Å². The van der Waals surface area contributed by atoms with Crippen LogP contribution in [-0.2, 0) is 0 Å². The molecule has 1 fully saturated rings. The lowest BCUT2D eigenvalue weighted by Crippen LogP contribution is -2.30. The monoisotopic (exact) mass is 225 g/mol. The second-order valence-corrected chi connectivity index (χ2v) is 3.72. The van der Waals surface area contributed by atoms with E-state index in [1.165, 1.54) is 11.0 Å². The fourth-order valence-electron chi connectivity index (χ4n) is 1.72. The van der Waals surface area contributed by atoms with Gasteiger partial charge in [0.1, 0.15) is 11.6 Å². The summed E-state index contributed by atoms with van der Waals surface area (Å²) in [7, 11) is 0. The summed E-state index contributed by atoms with van der Waals surface area (Å²) in [6.07, 6.45) is 0.966. The summed E-state index contributed by atoms with van der Waals surface area (Å²) < 4.78 is 12.6. The molecule has 1 aliphatic rings. The molecular formula is C10H12FN3O2. The van der Waals surface area contributed by atoms with E-state index >= 15 is 0 Å². The lowest BCUT2D eigenvalue weighted by molar-refractivity contribution is 0.155. The van der Waals surface area contributed by atoms with Crippen molar-refractivity contribution >= 4 is 11.9 Å². The van der Waals surface area contributed by atoms with Crippen molar-refractivity contribution in [2.24, 2.45) is 0 Å². The number of amides is 1. The van der Waals surface area contributed by atoms with Crippen LogP contribution >= 0.6 is 0 Å². The van der Waals surface area contributed by atoms with Crippen molar-refractivity contribution in [2.45, 2.75) is 12.5 Å². The normalized spacial score (nSPS) is 19.8. The molecule has 0 saturated carbocycles. The fraction of sp³-hybridized carbons (Fsp3) is 0.400. The van der Waals surface area contributed by atoms with Crippen LogP contribution in [0, 0.1) is 5.82 Å². The molecular weight excluding hydrogens is 213 g/mol. The van der Waals surface area contributed by atoms with Crippen LogP contribution < -0.4 is 5.32 Å². The molecule has 1 aromatic rings. The summed E-state index contributed by atoms with van der Waals surface area (Å²) in [4.78, 5) is 15.9. The van der Waals surface area contributed by atoms with E-state index in [2.05, 4.69) is 10.3 Å². The fourth-order valence-corrected chi connectivity index (χ4v) is 1.72. The molecule has 0 bridgehead atoms. The maximum atomic E-state index is 12.6. The van der Waals surface area contributed by atoms with Gasteiger partial charge in [-0.3, -0.25) is 0 Å². The highest BCUT2D eigenvalue weighted by Gasteiger charge is 2.25. The molecule has 1 aromatic heterocycles. The van der Waals surface area contributed by atoms with Crippen LogP contribution in [0.3, 0.4) is 0 Å². The first-order valence-corrected chi connectivity index (χ1v) is 5.01. The van der Waals surface area contributed by atoms with Crippen LogP contribution in [0.5, 0.6) is 0 Å². The highest BCUT2D eigenvalue weighted by atomic mass is 19.1. The van der Waals surface area contributed by atoms with E-state index in [9.17, 15) is 9.18 Å². The first kappa shape index (κ1) is 10.7. The van der Waals surface area contributed by atoms with E-state index < -0.39 is 6.09 Å². The van der Waals surface area contributed by atoms with Crippen molar-refractivity contribution in [3.05, 3.63) is 24.1 Å². The van der Waals surface area contributed by atoms with Gasteiger partial charge in [0, 0.05) is 19.1 Å². The number of carbonyl (C=O) groups is 1. The van der Waals surface area contributed by atoms with Crippen LogP contribution in [0.25, 0.3) is 0 Å². The van der Waals surface area contributed by atoms with E-state index in [0.29, 0.717) is 18.9 Å². The first-order chi connectivity index (χ1) is 7.65. The predicted molar refractivity (Wildman–Crippen MR) is 55.8 cm³/mol. The zero-order valence-corrected chi connectivity index (χ0v) is 8.56. The number of rotatable bonds is 2. The molecule has 0 spiro atoms. The third-order valence-electron chi connectivity index (χ3n) is 2.54. The molecule has 1 saturated heterocycles. The number of likely N-dealkylation sites (tertiary alicyclic amines) is 1. The van der Waals surface area contributed by atoms with Crippen LogP contribution in [0.15, 0.2) is 18.3 Å². The number of pyridine rings is 1. The number of hydrogen-bond acceptors (Lipinski definition) is 3. The van der Waals surface area contributed by atoms with Gasteiger partial charge in [-0.25, -0.2) is 14.2 Å². The van der Waals surface area contributed by atoms with Crippen molar-refractivity contribution in [3.8, 4) is 0 Å². The molecule has 2 rings (SSSR count). The molecule has 0 aromatic carbocycles. The van der Waals surface area contributed by atoms with Gasteiger partial charge in [0.25, 0.3) is 0 Å². The molecule has 16 heavy (non-hydrogen) atoms. The number of nitrogens with one attached hydrogen (secondary N) is 1. The summed E-state index contributed by atoms with van der Waals surface area (Å²) in [6.45, 7) is 0.961. The summed E-state index contributed by atoms with van der Waals surface area (Å²) in [5.74, 6) is 0.183. The minimum absolute atomic E-state index is 0.0501. The third kappa shape index (κ3) is 2.39. The lowest BCUT2D eigenvalue weighted by atomic mass is 10.2. The Morgan fingerprint density at radius 3 is 3.00 bits per heavy atom. The summed E-state index contributed by atoms with van der Waals surface area (Å²) in [6, 6.07) is 2.91. The molecule has 1 amide bonds. The van der Waals surface area contributed by atoms with Crippen molar-refractivity contribution < 1.29 is 14.3 Å². The van der Waals surface area contributed by atoms with E-state index in [4.69, 9.17) is 5.11 Å². The van der Waals surface area contributed by atoms with Gasteiger partial charge in [-0.15, -0.1) is 0 Å². The molecule has 1 atom stereocenters. The number of halogens is 1.